The third-order valence-electron chi connectivity index (χ3n) is 5.70. The molecule has 2 amide bonds. The number of fused-ring (bicyclic) bond motifs is 1. The van der Waals surface area contributed by atoms with Crippen LogP contribution in [0.1, 0.15) is 30.9 Å². The van der Waals surface area contributed by atoms with Crippen molar-refractivity contribution < 1.29 is 9.59 Å². The van der Waals surface area contributed by atoms with Gasteiger partial charge < -0.3 is 15.5 Å². The van der Waals surface area contributed by atoms with Gasteiger partial charge in [-0.05, 0) is 49.6 Å². The molecule has 0 bridgehead atoms. The molecule has 0 saturated carbocycles. The predicted octanol–water partition coefficient (Wildman–Crippen LogP) is 3.56. The Morgan fingerprint density at radius 3 is 2.71 bits per heavy atom. The number of nitrogens with one attached hydrogen (secondary N) is 2. The molecule has 1 aliphatic heterocycles. The molecule has 0 atom stereocenters. The highest BCUT2D eigenvalue weighted by molar-refractivity contribution is 5.80. The fraction of sp³-hybridized carbons (Fsp3) is 0.333. The number of benzene rings is 2. The van der Waals surface area contributed by atoms with Crippen molar-refractivity contribution >= 4 is 34.4 Å². The summed E-state index contributed by atoms with van der Waals surface area (Å²) >= 11 is 0. The van der Waals surface area contributed by atoms with Gasteiger partial charge in [0.05, 0.1) is 5.52 Å². The minimum atomic E-state index is -0.0356. The average molecular weight is 418 g/mol. The van der Waals surface area contributed by atoms with E-state index in [4.69, 9.17) is 0 Å². The van der Waals surface area contributed by atoms with E-state index in [-0.39, 0.29) is 17.7 Å². The van der Waals surface area contributed by atoms with Gasteiger partial charge in [0.15, 0.2) is 0 Å². The molecule has 0 radical (unpaired) electrons. The first-order chi connectivity index (χ1) is 15.0. The molecule has 1 aliphatic rings. The van der Waals surface area contributed by atoms with Crippen molar-refractivity contribution in [2.24, 2.45) is 5.92 Å². The van der Waals surface area contributed by atoms with E-state index in [1.807, 2.05) is 49.5 Å². The molecule has 2 heterocycles. The highest BCUT2D eigenvalue weighted by Gasteiger charge is 2.25. The molecule has 2 N–H and O–H groups in total. The van der Waals surface area contributed by atoms with Gasteiger partial charge in [0.25, 0.3) is 0 Å². The first-order valence-corrected chi connectivity index (χ1v) is 10.6. The molecule has 1 aromatic heterocycles. The molecule has 0 unspecified atom stereocenters. The van der Waals surface area contributed by atoms with Gasteiger partial charge in [-0.1, -0.05) is 23.8 Å². The fourth-order valence-electron chi connectivity index (χ4n) is 3.89. The summed E-state index contributed by atoms with van der Waals surface area (Å²) in [5.74, 6) is 0.629. The first-order valence-electron chi connectivity index (χ1n) is 10.6. The van der Waals surface area contributed by atoms with E-state index in [9.17, 15) is 9.59 Å². The van der Waals surface area contributed by atoms with Gasteiger partial charge in [0, 0.05) is 49.7 Å². The van der Waals surface area contributed by atoms with Crippen LogP contribution in [0.5, 0.6) is 0 Å². The number of hydrogen-bond acceptors (Lipinski definition) is 5. The summed E-state index contributed by atoms with van der Waals surface area (Å²) in [6.07, 6.45) is 3.25. The topological polar surface area (TPSA) is 87.2 Å². The molecule has 1 fully saturated rings. The number of aryl methyl sites for hydroxylation is 1. The maximum absolute atomic E-state index is 12.5. The number of nitrogens with zero attached hydrogens (tertiary/aromatic N) is 3. The molecule has 7 heteroatoms. The number of piperidine rings is 1. The second-order valence-electron chi connectivity index (χ2n) is 8.08. The quantitative estimate of drug-likeness (QED) is 0.663. The molecular formula is C24H27N5O2. The zero-order valence-electron chi connectivity index (χ0n) is 17.9. The van der Waals surface area contributed by atoms with Crippen molar-refractivity contribution in [1.82, 2.24) is 20.2 Å². The smallest absolute Gasteiger partial charge is 0.227 e. The molecule has 2 aromatic carbocycles. The molecule has 7 nitrogen and oxygen atoms in total. The largest absolute Gasteiger partial charge is 0.352 e. The van der Waals surface area contributed by atoms with Gasteiger partial charge in [0.1, 0.15) is 0 Å². The predicted molar refractivity (Wildman–Crippen MR) is 121 cm³/mol. The fourth-order valence-corrected chi connectivity index (χ4v) is 3.89. The number of anilines is 2. The van der Waals surface area contributed by atoms with Crippen LogP contribution < -0.4 is 10.6 Å². The second kappa shape index (κ2) is 9.12. The Kier molecular flexibility index (Phi) is 6.11. The number of carbonyl (C=O) groups is 2. The summed E-state index contributed by atoms with van der Waals surface area (Å²) in [4.78, 5) is 34.7. The van der Waals surface area contributed by atoms with Crippen LogP contribution in [0.2, 0.25) is 0 Å². The number of rotatable bonds is 5. The van der Waals surface area contributed by atoms with Crippen molar-refractivity contribution in [3.63, 3.8) is 0 Å². The first kappa shape index (κ1) is 20.8. The van der Waals surface area contributed by atoms with Gasteiger partial charge in [-0.25, -0.2) is 9.97 Å². The maximum atomic E-state index is 12.5. The second-order valence-corrected chi connectivity index (χ2v) is 8.08. The minimum absolute atomic E-state index is 0.0356. The summed E-state index contributed by atoms with van der Waals surface area (Å²) in [5, 5.41) is 7.29. The van der Waals surface area contributed by atoms with Gasteiger partial charge in [-0.2, -0.15) is 0 Å². The molecule has 0 aliphatic carbocycles. The van der Waals surface area contributed by atoms with Gasteiger partial charge in [-0.15, -0.1) is 0 Å². The van der Waals surface area contributed by atoms with Crippen LogP contribution in [0.4, 0.5) is 11.6 Å². The zero-order valence-corrected chi connectivity index (χ0v) is 17.9. The number of carbonyl (C=O) groups excluding carboxylic acids is 2. The minimum Gasteiger partial charge on any atom is -0.352 e. The van der Waals surface area contributed by atoms with Crippen LogP contribution in [0.15, 0.2) is 48.7 Å². The van der Waals surface area contributed by atoms with E-state index in [2.05, 4.69) is 26.7 Å². The van der Waals surface area contributed by atoms with Gasteiger partial charge in [0.2, 0.25) is 17.8 Å². The Labute approximate surface area is 181 Å². The Hall–Kier alpha value is -3.48. The van der Waals surface area contributed by atoms with Crippen molar-refractivity contribution in [1.29, 1.82) is 0 Å². The standard InChI is InChI=1S/C24H27N5O2/c1-16-6-7-22-20(12-16)15-26-24(28-22)27-21-5-3-4-18(13-21)14-25-23(31)19-8-10-29(11-9-19)17(2)30/h3-7,12-13,15,19H,8-11,14H2,1-2H3,(H,25,31)(H,26,27,28). The Balaban J connectivity index is 1.35. The molecular weight excluding hydrogens is 390 g/mol. The van der Waals surface area contributed by atoms with Crippen LogP contribution in [-0.4, -0.2) is 39.8 Å². The molecule has 0 spiro atoms. The summed E-state index contributed by atoms with van der Waals surface area (Å²) in [6, 6.07) is 13.9. The van der Waals surface area contributed by atoms with E-state index in [0.717, 1.165) is 22.2 Å². The maximum Gasteiger partial charge on any atom is 0.227 e. The lowest BCUT2D eigenvalue weighted by molar-refractivity contribution is -0.134. The molecule has 1 saturated heterocycles. The van der Waals surface area contributed by atoms with E-state index in [1.54, 1.807) is 11.8 Å². The van der Waals surface area contributed by atoms with E-state index in [0.29, 0.717) is 38.4 Å². The summed E-state index contributed by atoms with van der Waals surface area (Å²) < 4.78 is 0. The number of hydrogen-bond donors (Lipinski definition) is 2. The van der Waals surface area contributed by atoms with Crippen molar-refractivity contribution in [2.45, 2.75) is 33.2 Å². The molecule has 31 heavy (non-hydrogen) atoms. The third kappa shape index (κ3) is 5.17. The zero-order chi connectivity index (χ0) is 21.8. The van der Waals surface area contributed by atoms with Crippen molar-refractivity contribution in [3.8, 4) is 0 Å². The Morgan fingerprint density at radius 1 is 1.13 bits per heavy atom. The van der Waals surface area contributed by atoms with Gasteiger partial charge >= 0.3 is 0 Å². The van der Waals surface area contributed by atoms with Crippen LogP contribution in [0.25, 0.3) is 10.9 Å². The highest BCUT2D eigenvalue weighted by Crippen LogP contribution is 2.20. The SMILES string of the molecule is CC(=O)N1CCC(C(=O)NCc2cccc(Nc3ncc4cc(C)ccc4n3)c2)CC1. The molecule has 4 rings (SSSR count). The number of aromatic nitrogens is 2. The van der Waals surface area contributed by atoms with Crippen molar-refractivity contribution in [2.75, 3.05) is 18.4 Å². The highest BCUT2D eigenvalue weighted by atomic mass is 16.2. The van der Waals surface area contributed by atoms with Crippen LogP contribution in [0.3, 0.4) is 0 Å². The lowest BCUT2D eigenvalue weighted by Crippen LogP contribution is -2.42. The summed E-state index contributed by atoms with van der Waals surface area (Å²) in [7, 11) is 0. The number of likely N-dealkylation sites (tertiary alicyclic amines) is 1. The van der Waals surface area contributed by atoms with Crippen molar-refractivity contribution in [3.05, 3.63) is 59.8 Å². The average Bonchev–Trinajstić information content (AvgIpc) is 2.78. The number of amides is 2. The van der Waals surface area contributed by atoms with Crippen LogP contribution in [-0.2, 0) is 16.1 Å². The Bertz CT molecular complexity index is 1110. The van der Waals surface area contributed by atoms with E-state index >= 15 is 0 Å². The third-order valence-corrected chi connectivity index (χ3v) is 5.70. The summed E-state index contributed by atoms with van der Waals surface area (Å²) in [5.41, 5.74) is 3.93. The molecule has 3 aromatic rings. The monoisotopic (exact) mass is 417 g/mol. The normalized spacial score (nSPS) is 14.5. The summed E-state index contributed by atoms with van der Waals surface area (Å²) in [6.45, 7) is 5.38. The lowest BCUT2D eigenvalue weighted by atomic mass is 9.96. The van der Waals surface area contributed by atoms with Crippen LogP contribution in [0, 0.1) is 12.8 Å². The van der Waals surface area contributed by atoms with E-state index in [1.165, 1.54) is 5.56 Å². The molecule has 160 valence electrons. The van der Waals surface area contributed by atoms with E-state index < -0.39 is 0 Å². The van der Waals surface area contributed by atoms with Crippen LogP contribution >= 0.6 is 0 Å². The lowest BCUT2D eigenvalue weighted by Gasteiger charge is -2.30. The Morgan fingerprint density at radius 2 is 1.94 bits per heavy atom. The van der Waals surface area contributed by atoms with Gasteiger partial charge in [-0.3, -0.25) is 9.59 Å².